The summed E-state index contributed by atoms with van der Waals surface area (Å²) in [7, 11) is 0. The maximum absolute atomic E-state index is 13.1. The number of amides is 2. The molecule has 1 saturated heterocycles. The maximum Gasteiger partial charge on any atom is 0.272 e. The number of aryl methyl sites for hydroxylation is 1. The molecule has 0 unspecified atom stereocenters. The third kappa shape index (κ3) is 6.68. The maximum atomic E-state index is 13.1. The lowest BCUT2D eigenvalue weighted by molar-refractivity contribution is 0.0374. The highest BCUT2D eigenvalue weighted by molar-refractivity contribution is 6.08. The Balaban J connectivity index is 1.41. The van der Waals surface area contributed by atoms with Crippen LogP contribution in [0.15, 0.2) is 48.7 Å². The molecule has 3 heterocycles. The normalized spacial score (nSPS) is 14.2. The van der Waals surface area contributed by atoms with E-state index in [-0.39, 0.29) is 17.6 Å². The van der Waals surface area contributed by atoms with Crippen LogP contribution in [-0.4, -0.2) is 65.5 Å². The van der Waals surface area contributed by atoms with Gasteiger partial charge >= 0.3 is 0 Å². The Morgan fingerprint density at radius 1 is 1.00 bits per heavy atom. The van der Waals surface area contributed by atoms with Crippen LogP contribution < -0.4 is 10.6 Å². The van der Waals surface area contributed by atoms with Crippen LogP contribution in [0.2, 0.25) is 0 Å². The number of carbonyl (C=O) groups is 2. The van der Waals surface area contributed by atoms with Gasteiger partial charge in [0.25, 0.3) is 11.8 Å². The predicted molar refractivity (Wildman–Crippen MR) is 137 cm³/mol. The van der Waals surface area contributed by atoms with Crippen LogP contribution in [0.25, 0.3) is 5.65 Å². The molecule has 8 heteroatoms. The predicted octanol–water partition coefficient (Wildman–Crippen LogP) is 3.77. The number of morpholine rings is 1. The van der Waals surface area contributed by atoms with Gasteiger partial charge in [-0.2, -0.15) is 0 Å². The zero-order valence-corrected chi connectivity index (χ0v) is 20.5. The minimum absolute atomic E-state index is 0.257. The van der Waals surface area contributed by atoms with Gasteiger partial charge in [0.1, 0.15) is 5.65 Å². The molecule has 2 amide bonds. The second-order valence-corrected chi connectivity index (χ2v) is 8.91. The molecule has 0 atom stereocenters. The van der Waals surface area contributed by atoms with Crippen molar-refractivity contribution in [1.29, 1.82) is 0 Å². The molecular formula is C27H35N5O3. The lowest BCUT2D eigenvalue weighted by atomic mass is 10.1. The van der Waals surface area contributed by atoms with Gasteiger partial charge < -0.3 is 15.4 Å². The summed E-state index contributed by atoms with van der Waals surface area (Å²) in [5.74, 6) is -0.277. The van der Waals surface area contributed by atoms with Crippen LogP contribution >= 0.6 is 0 Å². The topological polar surface area (TPSA) is 88.0 Å². The highest BCUT2D eigenvalue weighted by Gasteiger charge is 2.21. The summed E-state index contributed by atoms with van der Waals surface area (Å²) in [5, 5.41) is 5.85. The summed E-state index contributed by atoms with van der Waals surface area (Å²) in [6, 6.07) is 13.2. The summed E-state index contributed by atoms with van der Waals surface area (Å²) in [6.07, 6.45) is 7.17. The Hall–Kier alpha value is -3.23. The number of hydrogen-bond acceptors (Lipinski definition) is 5. The molecule has 1 fully saturated rings. The average molecular weight is 478 g/mol. The van der Waals surface area contributed by atoms with E-state index in [0.29, 0.717) is 23.4 Å². The Kier molecular flexibility index (Phi) is 8.86. The van der Waals surface area contributed by atoms with Gasteiger partial charge in [0.05, 0.1) is 13.2 Å². The van der Waals surface area contributed by atoms with Gasteiger partial charge in [-0.3, -0.25) is 18.9 Å². The summed E-state index contributed by atoms with van der Waals surface area (Å²) >= 11 is 0. The standard InChI is InChI=1S/C27H35N5O3/c1-2-3-4-8-21-10-12-22(13-11-21)26(33)30-25-24(32-16-6-5-9-23(32)29-25)27(34)28-14-7-15-31-17-19-35-20-18-31/h5-6,9-13,16H,2-4,7-8,14-15,17-20H2,1H3,(H,28,34)(H,30,33). The number of ether oxygens (including phenoxy) is 1. The first kappa shape index (κ1) is 24.9. The lowest BCUT2D eigenvalue weighted by Crippen LogP contribution is -2.38. The lowest BCUT2D eigenvalue weighted by Gasteiger charge is -2.26. The number of benzene rings is 1. The van der Waals surface area contributed by atoms with Crippen molar-refractivity contribution in [2.24, 2.45) is 0 Å². The third-order valence-corrected chi connectivity index (χ3v) is 6.30. The van der Waals surface area contributed by atoms with E-state index in [1.54, 1.807) is 10.6 Å². The van der Waals surface area contributed by atoms with Gasteiger partial charge in [-0.15, -0.1) is 0 Å². The highest BCUT2D eigenvalue weighted by atomic mass is 16.5. The van der Waals surface area contributed by atoms with E-state index < -0.39 is 0 Å². The van der Waals surface area contributed by atoms with Crippen LogP contribution in [0.4, 0.5) is 5.82 Å². The molecule has 4 rings (SSSR count). The number of pyridine rings is 1. The van der Waals surface area contributed by atoms with Gasteiger partial charge in [0, 0.05) is 31.4 Å². The Labute approximate surface area is 206 Å². The van der Waals surface area contributed by atoms with Crippen LogP contribution in [-0.2, 0) is 11.2 Å². The number of fused-ring (bicyclic) bond motifs is 1. The number of rotatable bonds is 11. The summed E-state index contributed by atoms with van der Waals surface area (Å²) in [6.45, 7) is 7.02. The smallest absolute Gasteiger partial charge is 0.272 e. The second kappa shape index (κ2) is 12.5. The number of anilines is 1. The molecule has 1 aliphatic rings. The minimum Gasteiger partial charge on any atom is -0.379 e. The molecule has 2 N–H and O–H groups in total. The van der Waals surface area contributed by atoms with Crippen LogP contribution in [0.5, 0.6) is 0 Å². The van der Waals surface area contributed by atoms with Crippen molar-refractivity contribution in [2.45, 2.75) is 39.0 Å². The van der Waals surface area contributed by atoms with Crippen molar-refractivity contribution < 1.29 is 14.3 Å². The quantitative estimate of drug-likeness (QED) is 0.411. The number of hydrogen-bond donors (Lipinski definition) is 2. The molecule has 0 saturated carbocycles. The van der Waals surface area contributed by atoms with Gasteiger partial charge in [-0.25, -0.2) is 4.98 Å². The van der Waals surface area contributed by atoms with Gasteiger partial charge in [-0.1, -0.05) is 38.0 Å². The molecule has 1 aromatic carbocycles. The molecule has 0 radical (unpaired) electrons. The molecule has 3 aromatic rings. The monoisotopic (exact) mass is 477 g/mol. The fourth-order valence-corrected chi connectivity index (χ4v) is 4.29. The largest absolute Gasteiger partial charge is 0.379 e. The molecule has 186 valence electrons. The van der Waals surface area contributed by atoms with Crippen LogP contribution in [0, 0.1) is 0 Å². The number of unbranched alkanes of at least 4 members (excludes halogenated alkanes) is 2. The van der Waals surface area contributed by atoms with Gasteiger partial charge in [0.2, 0.25) is 0 Å². The van der Waals surface area contributed by atoms with E-state index in [1.807, 2.05) is 42.5 Å². The molecule has 8 nitrogen and oxygen atoms in total. The first-order chi connectivity index (χ1) is 17.2. The Morgan fingerprint density at radius 3 is 2.57 bits per heavy atom. The fraction of sp³-hybridized carbons (Fsp3) is 0.444. The zero-order valence-electron chi connectivity index (χ0n) is 20.5. The number of imidazole rings is 1. The van der Waals surface area contributed by atoms with Crippen LogP contribution in [0.3, 0.4) is 0 Å². The van der Waals surface area contributed by atoms with Crippen molar-refractivity contribution in [3.05, 3.63) is 65.5 Å². The number of nitrogens with zero attached hydrogens (tertiary/aromatic N) is 3. The van der Waals surface area contributed by atoms with E-state index >= 15 is 0 Å². The number of nitrogens with one attached hydrogen (secondary N) is 2. The molecular weight excluding hydrogens is 442 g/mol. The first-order valence-electron chi connectivity index (χ1n) is 12.6. The van der Waals surface area contributed by atoms with Gasteiger partial charge in [-0.05, 0) is 55.6 Å². The van der Waals surface area contributed by atoms with Gasteiger partial charge in [0.15, 0.2) is 11.5 Å². The van der Waals surface area contributed by atoms with E-state index in [1.165, 1.54) is 18.4 Å². The van der Waals surface area contributed by atoms with Crippen molar-refractivity contribution in [3.8, 4) is 0 Å². The highest BCUT2D eigenvalue weighted by Crippen LogP contribution is 2.19. The van der Waals surface area contributed by atoms with Crippen LogP contribution in [0.1, 0.15) is 59.0 Å². The summed E-state index contributed by atoms with van der Waals surface area (Å²) in [5.41, 5.74) is 2.70. The molecule has 0 bridgehead atoms. The van der Waals surface area contributed by atoms with E-state index in [2.05, 4.69) is 27.4 Å². The second-order valence-electron chi connectivity index (χ2n) is 8.91. The van der Waals surface area contributed by atoms with Crippen molar-refractivity contribution in [2.75, 3.05) is 44.7 Å². The Morgan fingerprint density at radius 2 is 1.80 bits per heavy atom. The van der Waals surface area contributed by atoms with Crippen molar-refractivity contribution >= 4 is 23.3 Å². The number of carbonyl (C=O) groups excluding carboxylic acids is 2. The summed E-state index contributed by atoms with van der Waals surface area (Å²) < 4.78 is 7.09. The van der Waals surface area contributed by atoms with Crippen molar-refractivity contribution in [3.63, 3.8) is 0 Å². The third-order valence-electron chi connectivity index (χ3n) is 6.30. The minimum atomic E-state index is -0.283. The molecule has 0 aliphatic carbocycles. The average Bonchev–Trinajstić information content (AvgIpc) is 3.25. The molecule has 1 aliphatic heterocycles. The van der Waals surface area contributed by atoms with E-state index in [4.69, 9.17) is 4.74 Å². The molecule has 0 spiro atoms. The molecule has 35 heavy (non-hydrogen) atoms. The first-order valence-corrected chi connectivity index (χ1v) is 12.6. The van der Waals surface area contributed by atoms with E-state index in [0.717, 1.165) is 52.1 Å². The van der Waals surface area contributed by atoms with E-state index in [9.17, 15) is 9.59 Å². The summed E-state index contributed by atoms with van der Waals surface area (Å²) in [4.78, 5) is 32.9. The fourth-order valence-electron chi connectivity index (χ4n) is 4.29. The van der Waals surface area contributed by atoms with Crippen molar-refractivity contribution in [1.82, 2.24) is 19.6 Å². The molecule has 2 aromatic heterocycles. The SMILES string of the molecule is CCCCCc1ccc(C(=O)Nc2nc3ccccn3c2C(=O)NCCCN2CCOCC2)cc1. The zero-order chi connectivity index (χ0) is 24.5. The Bertz CT molecular complexity index is 1120. The number of aromatic nitrogens is 2.